The smallest absolute Gasteiger partial charge is 0.284 e. The topological polar surface area (TPSA) is 41.8 Å². The molecule has 0 saturated heterocycles. The first-order chi connectivity index (χ1) is 6.27. The van der Waals surface area contributed by atoms with Gasteiger partial charge in [0.2, 0.25) is 5.89 Å². The predicted octanol–water partition coefficient (Wildman–Crippen LogP) is 2.95. The van der Waals surface area contributed by atoms with Gasteiger partial charge in [0.25, 0.3) is 4.84 Å². The van der Waals surface area contributed by atoms with Gasteiger partial charge in [0, 0.05) is 5.41 Å². The molecule has 13 heavy (non-hydrogen) atoms. The zero-order chi connectivity index (χ0) is 9.31. The van der Waals surface area contributed by atoms with E-state index in [2.05, 4.69) is 17.1 Å². The largest absolute Gasteiger partial charge is 0.414 e. The van der Waals surface area contributed by atoms with E-state index >= 15 is 0 Å². The molecule has 0 bridgehead atoms. The second kappa shape index (κ2) is 3.25. The van der Waals surface area contributed by atoms with Gasteiger partial charge in [-0.05, 0) is 31.5 Å². The summed E-state index contributed by atoms with van der Waals surface area (Å²) in [5.74, 6) is 0.817. The molecule has 1 aliphatic rings. The number of nitrogens with one attached hydrogen (secondary N) is 1. The Morgan fingerprint density at radius 2 is 2.23 bits per heavy atom. The zero-order valence-corrected chi connectivity index (χ0v) is 8.62. The van der Waals surface area contributed by atoms with Crippen molar-refractivity contribution in [1.29, 1.82) is 0 Å². The molecule has 0 aliphatic heterocycles. The van der Waals surface area contributed by atoms with E-state index in [9.17, 15) is 0 Å². The normalized spacial score (nSPS) is 20.7. The fourth-order valence-electron chi connectivity index (χ4n) is 2.23. The molecule has 1 fully saturated rings. The lowest BCUT2D eigenvalue weighted by atomic mass is 9.83. The summed E-state index contributed by atoms with van der Waals surface area (Å²) in [7, 11) is 0. The Morgan fingerprint density at radius 1 is 1.54 bits per heavy atom. The summed E-state index contributed by atoms with van der Waals surface area (Å²) >= 11 is 4.88. The molecule has 72 valence electrons. The Labute approximate surface area is 82.5 Å². The Hall–Kier alpha value is -0.640. The summed E-state index contributed by atoms with van der Waals surface area (Å²) in [6.45, 7) is 2.19. The van der Waals surface area contributed by atoms with Gasteiger partial charge in [-0.1, -0.05) is 19.8 Å². The van der Waals surface area contributed by atoms with Gasteiger partial charge in [0.05, 0.1) is 0 Å². The standard InChI is InChI=1S/C9H14N2OS/c1-2-9(5-3-4-6-9)7-10-11-8(13)12-7/h2-6H2,1H3,(H,11,13). The monoisotopic (exact) mass is 198 g/mol. The van der Waals surface area contributed by atoms with Gasteiger partial charge in [-0.15, -0.1) is 5.10 Å². The van der Waals surface area contributed by atoms with E-state index < -0.39 is 0 Å². The molecular formula is C9H14N2OS. The second-order valence-corrected chi connectivity index (χ2v) is 4.13. The molecule has 3 nitrogen and oxygen atoms in total. The van der Waals surface area contributed by atoms with Crippen LogP contribution in [0.2, 0.25) is 0 Å². The van der Waals surface area contributed by atoms with Crippen LogP contribution in [0.3, 0.4) is 0 Å². The third kappa shape index (κ3) is 1.43. The summed E-state index contributed by atoms with van der Waals surface area (Å²) in [5.41, 5.74) is 0.174. The number of hydrogen-bond donors (Lipinski definition) is 1. The maximum absolute atomic E-state index is 5.41. The van der Waals surface area contributed by atoms with E-state index in [1.54, 1.807) is 0 Å². The molecule has 2 rings (SSSR count). The first kappa shape index (κ1) is 8.94. The van der Waals surface area contributed by atoms with Gasteiger partial charge in [-0.3, -0.25) is 0 Å². The van der Waals surface area contributed by atoms with Crippen LogP contribution in [-0.2, 0) is 5.41 Å². The van der Waals surface area contributed by atoms with Crippen LogP contribution in [0, 0.1) is 4.84 Å². The summed E-state index contributed by atoms with van der Waals surface area (Å²) < 4.78 is 5.41. The lowest BCUT2D eigenvalue weighted by Gasteiger charge is -2.21. The van der Waals surface area contributed by atoms with Gasteiger partial charge in [-0.2, -0.15) is 0 Å². The average Bonchev–Trinajstić information content (AvgIpc) is 2.73. The highest BCUT2D eigenvalue weighted by molar-refractivity contribution is 7.71. The summed E-state index contributed by atoms with van der Waals surface area (Å²) in [6, 6.07) is 0. The van der Waals surface area contributed by atoms with Crippen molar-refractivity contribution in [1.82, 2.24) is 10.2 Å². The van der Waals surface area contributed by atoms with Crippen LogP contribution < -0.4 is 0 Å². The van der Waals surface area contributed by atoms with Crippen molar-refractivity contribution in [3.63, 3.8) is 0 Å². The third-order valence-electron chi connectivity index (χ3n) is 3.13. The molecule has 0 atom stereocenters. The lowest BCUT2D eigenvalue weighted by molar-refractivity contribution is 0.312. The fourth-order valence-corrected chi connectivity index (χ4v) is 2.35. The molecule has 0 amide bonds. The zero-order valence-electron chi connectivity index (χ0n) is 7.80. The van der Waals surface area contributed by atoms with Crippen molar-refractivity contribution < 1.29 is 4.42 Å². The molecule has 1 aromatic rings. The first-order valence-electron chi connectivity index (χ1n) is 4.83. The van der Waals surface area contributed by atoms with Crippen LogP contribution in [0.5, 0.6) is 0 Å². The summed E-state index contributed by atoms with van der Waals surface area (Å²) in [5, 5.41) is 6.85. The number of H-pyrrole nitrogens is 1. The van der Waals surface area contributed by atoms with Gasteiger partial charge in [0.1, 0.15) is 0 Å². The van der Waals surface area contributed by atoms with Crippen LogP contribution >= 0.6 is 12.2 Å². The molecule has 1 heterocycles. The number of nitrogens with zero attached hydrogens (tertiary/aromatic N) is 1. The van der Waals surface area contributed by atoms with E-state index in [1.165, 1.54) is 25.7 Å². The van der Waals surface area contributed by atoms with Crippen LogP contribution in [0.4, 0.5) is 0 Å². The molecule has 4 heteroatoms. The average molecular weight is 198 g/mol. The molecule has 1 saturated carbocycles. The summed E-state index contributed by atoms with van der Waals surface area (Å²) in [6.07, 6.45) is 6.03. The summed E-state index contributed by atoms with van der Waals surface area (Å²) in [4.78, 5) is 0.398. The lowest BCUT2D eigenvalue weighted by Crippen LogP contribution is -2.21. The third-order valence-corrected chi connectivity index (χ3v) is 3.30. The molecule has 1 aromatic heterocycles. The van der Waals surface area contributed by atoms with Gasteiger partial charge >= 0.3 is 0 Å². The second-order valence-electron chi connectivity index (χ2n) is 3.76. The maximum atomic E-state index is 5.41. The van der Waals surface area contributed by atoms with E-state index in [4.69, 9.17) is 16.6 Å². The van der Waals surface area contributed by atoms with E-state index in [-0.39, 0.29) is 5.41 Å². The van der Waals surface area contributed by atoms with Gasteiger partial charge in [-0.25, -0.2) is 5.10 Å². The van der Waals surface area contributed by atoms with Gasteiger partial charge in [0.15, 0.2) is 0 Å². The maximum Gasteiger partial charge on any atom is 0.284 e. The van der Waals surface area contributed by atoms with Crippen molar-refractivity contribution in [2.24, 2.45) is 0 Å². The van der Waals surface area contributed by atoms with E-state index in [1.807, 2.05) is 0 Å². The van der Waals surface area contributed by atoms with E-state index in [0.29, 0.717) is 4.84 Å². The van der Waals surface area contributed by atoms with Crippen molar-refractivity contribution in [2.45, 2.75) is 44.4 Å². The minimum absolute atomic E-state index is 0.174. The Balaban J connectivity index is 2.35. The Bertz CT molecular complexity index is 335. The SMILES string of the molecule is CCC1(c2n[nH]c(=S)o2)CCCC1. The van der Waals surface area contributed by atoms with Crippen LogP contribution in [0.25, 0.3) is 0 Å². The van der Waals surface area contributed by atoms with Crippen LogP contribution in [0.1, 0.15) is 44.9 Å². The quantitative estimate of drug-likeness (QED) is 0.743. The molecule has 0 radical (unpaired) electrons. The number of aromatic nitrogens is 2. The van der Waals surface area contributed by atoms with Crippen LogP contribution in [-0.4, -0.2) is 10.2 Å². The Morgan fingerprint density at radius 3 is 2.69 bits per heavy atom. The molecule has 0 spiro atoms. The minimum atomic E-state index is 0.174. The molecule has 0 unspecified atom stereocenters. The van der Waals surface area contributed by atoms with Crippen molar-refractivity contribution >= 4 is 12.2 Å². The molecule has 0 aromatic carbocycles. The molecular weight excluding hydrogens is 184 g/mol. The minimum Gasteiger partial charge on any atom is -0.414 e. The van der Waals surface area contributed by atoms with Crippen molar-refractivity contribution in [3.05, 3.63) is 10.7 Å². The number of aromatic amines is 1. The fraction of sp³-hybridized carbons (Fsp3) is 0.778. The number of hydrogen-bond acceptors (Lipinski definition) is 3. The molecule has 1 aliphatic carbocycles. The molecule has 1 N–H and O–H groups in total. The predicted molar refractivity (Wildman–Crippen MR) is 52.1 cm³/mol. The van der Waals surface area contributed by atoms with Gasteiger partial charge < -0.3 is 4.42 Å². The highest BCUT2D eigenvalue weighted by Gasteiger charge is 2.38. The van der Waals surface area contributed by atoms with Crippen molar-refractivity contribution in [2.75, 3.05) is 0 Å². The number of rotatable bonds is 2. The highest BCUT2D eigenvalue weighted by atomic mass is 32.1. The highest BCUT2D eigenvalue weighted by Crippen LogP contribution is 2.42. The Kier molecular flexibility index (Phi) is 2.24. The van der Waals surface area contributed by atoms with Crippen LogP contribution in [0.15, 0.2) is 4.42 Å². The van der Waals surface area contributed by atoms with E-state index in [0.717, 1.165) is 12.3 Å². The van der Waals surface area contributed by atoms with Crippen molar-refractivity contribution in [3.8, 4) is 0 Å². The first-order valence-corrected chi connectivity index (χ1v) is 5.24.